The smallest absolute Gasteiger partial charge is 0.125 e. The summed E-state index contributed by atoms with van der Waals surface area (Å²) in [7, 11) is 0. The van der Waals surface area contributed by atoms with E-state index in [1.807, 2.05) is 18.2 Å². The van der Waals surface area contributed by atoms with Gasteiger partial charge in [-0.1, -0.05) is 25.4 Å². The first kappa shape index (κ1) is 11.7. The van der Waals surface area contributed by atoms with E-state index < -0.39 is 0 Å². The van der Waals surface area contributed by atoms with Crippen molar-refractivity contribution in [2.45, 2.75) is 44.8 Å². The Bertz CT molecular complexity index is 388. The first-order valence-corrected chi connectivity index (χ1v) is 6.22. The summed E-state index contributed by atoms with van der Waals surface area (Å²) in [6.07, 6.45) is 2.84. The number of ether oxygens (including phenoxy) is 1. The molecule has 0 fully saturated rings. The van der Waals surface area contributed by atoms with Crippen molar-refractivity contribution in [1.29, 1.82) is 0 Å². The van der Waals surface area contributed by atoms with Crippen molar-refractivity contribution in [3.05, 3.63) is 28.8 Å². The largest absolute Gasteiger partial charge is 0.487 e. The number of nitrogens with two attached hydrogens (primary N) is 1. The molecule has 1 atom stereocenters. The predicted molar refractivity (Wildman–Crippen MR) is 66.9 cm³/mol. The molecule has 0 saturated carbocycles. The van der Waals surface area contributed by atoms with Crippen molar-refractivity contribution in [2.24, 2.45) is 5.73 Å². The Labute approximate surface area is 102 Å². The Balaban J connectivity index is 2.40. The topological polar surface area (TPSA) is 35.2 Å². The molecule has 2 nitrogen and oxygen atoms in total. The standard InChI is InChI=1S/C13H18ClNO/c1-3-13(4-2)8-11(15)10-7-9(14)5-6-12(10)16-13/h5-7,11H,3-4,8,15H2,1-2H3/t11-/m1/s1. The summed E-state index contributed by atoms with van der Waals surface area (Å²) in [5.74, 6) is 0.895. The van der Waals surface area contributed by atoms with Gasteiger partial charge in [0, 0.05) is 23.0 Å². The van der Waals surface area contributed by atoms with Crippen LogP contribution < -0.4 is 10.5 Å². The zero-order valence-electron chi connectivity index (χ0n) is 9.79. The second kappa shape index (κ2) is 4.27. The molecule has 88 valence electrons. The highest BCUT2D eigenvalue weighted by atomic mass is 35.5. The number of hydrogen-bond acceptors (Lipinski definition) is 2. The molecule has 0 spiro atoms. The van der Waals surface area contributed by atoms with E-state index >= 15 is 0 Å². The summed E-state index contributed by atoms with van der Waals surface area (Å²) in [4.78, 5) is 0. The van der Waals surface area contributed by atoms with Gasteiger partial charge >= 0.3 is 0 Å². The number of halogens is 1. The van der Waals surface area contributed by atoms with Crippen LogP contribution in [0, 0.1) is 0 Å². The molecule has 0 unspecified atom stereocenters. The minimum atomic E-state index is -0.0970. The van der Waals surface area contributed by atoms with Crippen LogP contribution >= 0.6 is 11.6 Å². The highest BCUT2D eigenvalue weighted by molar-refractivity contribution is 6.30. The molecule has 0 bridgehead atoms. The van der Waals surface area contributed by atoms with Crippen molar-refractivity contribution < 1.29 is 4.74 Å². The lowest BCUT2D eigenvalue weighted by molar-refractivity contribution is 0.0282. The van der Waals surface area contributed by atoms with Crippen molar-refractivity contribution in [1.82, 2.24) is 0 Å². The lowest BCUT2D eigenvalue weighted by Crippen LogP contribution is -2.41. The zero-order valence-corrected chi connectivity index (χ0v) is 10.6. The van der Waals surface area contributed by atoms with Gasteiger partial charge in [-0.3, -0.25) is 0 Å². The minimum Gasteiger partial charge on any atom is -0.487 e. The molecule has 2 rings (SSSR count). The monoisotopic (exact) mass is 239 g/mol. The van der Waals surface area contributed by atoms with E-state index in [9.17, 15) is 0 Å². The van der Waals surface area contributed by atoms with Crippen LogP contribution in [-0.2, 0) is 0 Å². The molecule has 0 radical (unpaired) electrons. The average Bonchev–Trinajstić information content (AvgIpc) is 2.30. The van der Waals surface area contributed by atoms with E-state index in [1.165, 1.54) is 0 Å². The van der Waals surface area contributed by atoms with E-state index in [0.29, 0.717) is 0 Å². The van der Waals surface area contributed by atoms with Gasteiger partial charge in [0.05, 0.1) is 0 Å². The molecule has 0 amide bonds. The van der Waals surface area contributed by atoms with Crippen LogP contribution in [0.2, 0.25) is 5.02 Å². The van der Waals surface area contributed by atoms with Gasteiger partial charge in [0.2, 0.25) is 0 Å². The van der Waals surface area contributed by atoms with Gasteiger partial charge < -0.3 is 10.5 Å². The fraction of sp³-hybridized carbons (Fsp3) is 0.538. The molecule has 0 saturated heterocycles. The molecular weight excluding hydrogens is 222 g/mol. The Morgan fingerprint density at radius 2 is 2.12 bits per heavy atom. The van der Waals surface area contributed by atoms with Gasteiger partial charge in [-0.05, 0) is 31.0 Å². The Kier molecular flexibility index (Phi) is 3.13. The first-order chi connectivity index (χ1) is 7.60. The Morgan fingerprint density at radius 1 is 1.44 bits per heavy atom. The van der Waals surface area contributed by atoms with E-state index in [0.717, 1.165) is 35.6 Å². The maximum absolute atomic E-state index is 6.20. The molecule has 0 aromatic heterocycles. The fourth-order valence-electron chi connectivity index (χ4n) is 2.37. The second-order valence-electron chi connectivity index (χ2n) is 4.48. The molecule has 0 aliphatic carbocycles. The molecule has 1 aliphatic heterocycles. The van der Waals surface area contributed by atoms with Gasteiger partial charge in [-0.15, -0.1) is 0 Å². The zero-order chi connectivity index (χ0) is 11.8. The van der Waals surface area contributed by atoms with E-state index in [2.05, 4.69) is 13.8 Å². The van der Waals surface area contributed by atoms with Gasteiger partial charge in [-0.2, -0.15) is 0 Å². The second-order valence-corrected chi connectivity index (χ2v) is 4.92. The first-order valence-electron chi connectivity index (χ1n) is 5.84. The van der Waals surface area contributed by atoms with Gasteiger partial charge in [0.15, 0.2) is 0 Å². The molecular formula is C13H18ClNO. The molecule has 1 aliphatic rings. The van der Waals surface area contributed by atoms with Crippen LogP contribution in [0.5, 0.6) is 5.75 Å². The summed E-state index contributed by atoms with van der Waals surface area (Å²) in [6, 6.07) is 5.73. The highest BCUT2D eigenvalue weighted by Gasteiger charge is 2.36. The van der Waals surface area contributed by atoms with E-state index in [1.54, 1.807) is 0 Å². The Hall–Kier alpha value is -0.730. The average molecular weight is 240 g/mol. The van der Waals surface area contributed by atoms with Crippen LogP contribution in [0.4, 0.5) is 0 Å². The molecule has 1 aromatic carbocycles. The van der Waals surface area contributed by atoms with Crippen LogP contribution in [0.3, 0.4) is 0 Å². The number of fused-ring (bicyclic) bond motifs is 1. The van der Waals surface area contributed by atoms with Gasteiger partial charge in [0.25, 0.3) is 0 Å². The minimum absolute atomic E-state index is 0.0300. The molecule has 16 heavy (non-hydrogen) atoms. The molecule has 3 heteroatoms. The number of benzene rings is 1. The lowest BCUT2D eigenvalue weighted by Gasteiger charge is -2.40. The van der Waals surface area contributed by atoms with Crippen molar-refractivity contribution in [3.63, 3.8) is 0 Å². The normalized spacial score (nSPS) is 22.4. The summed E-state index contributed by atoms with van der Waals surface area (Å²) in [6.45, 7) is 4.30. The SMILES string of the molecule is CCC1(CC)C[C@@H](N)c2cc(Cl)ccc2O1. The maximum atomic E-state index is 6.20. The van der Waals surface area contributed by atoms with Crippen LogP contribution in [0.25, 0.3) is 0 Å². The predicted octanol–water partition coefficient (Wildman–Crippen LogP) is 3.68. The fourth-order valence-corrected chi connectivity index (χ4v) is 2.55. The van der Waals surface area contributed by atoms with Crippen LogP contribution in [-0.4, -0.2) is 5.60 Å². The molecule has 1 heterocycles. The highest BCUT2D eigenvalue weighted by Crippen LogP contribution is 2.42. The van der Waals surface area contributed by atoms with Crippen molar-refractivity contribution >= 4 is 11.6 Å². The Morgan fingerprint density at radius 3 is 2.75 bits per heavy atom. The van der Waals surface area contributed by atoms with Crippen LogP contribution in [0.1, 0.15) is 44.7 Å². The maximum Gasteiger partial charge on any atom is 0.125 e. The number of hydrogen-bond donors (Lipinski definition) is 1. The third-order valence-electron chi connectivity index (χ3n) is 3.58. The van der Waals surface area contributed by atoms with E-state index in [4.69, 9.17) is 22.1 Å². The summed E-state index contributed by atoms with van der Waals surface area (Å²) >= 11 is 5.97. The number of rotatable bonds is 2. The van der Waals surface area contributed by atoms with Crippen LogP contribution in [0.15, 0.2) is 18.2 Å². The van der Waals surface area contributed by atoms with Gasteiger partial charge in [-0.25, -0.2) is 0 Å². The summed E-state index contributed by atoms with van der Waals surface area (Å²) < 4.78 is 6.10. The summed E-state index contributed by atoms with van der Waals surface area (Å²) in [5, 5.41) is 0.721. The molecule has 1 aromatic rings. The lowest BCUT2D eigenvalue weighted by atomic mass is 9.84. The van der Waals surface area contributed by atoms with Gasteiger partial charge in [0.1, 0.15) is 11.4 Å². The molecule has 2 N–H and O–H groups in total. The van der Waals surface area contributed by atoms with Crippen molar-refractivity contribution in [3.8, 4) is 5.75 Å². The third kappa shape index (κ3) is 1.92. The summed E-state index contributed by atoms with van der Waals surface area (Å²) in [5.41, 5.74) is 7.14. The van der Waals surface area contributed by atoms with E-state index in [-0.39, 0.29) is 11.6 Å². The van der Waals surface area contributed by atoms with Crippen molar-refractivity contribution in [2.75, 3.05) is 0 Å². The quantitative estimate of drug-likeness (QED) is 0.855. The third-order valence-corrected chi connectivity index (χ3v) is 3.81.